The van der Waals surface area contributed by atoms with E-state index in [2.05, 4.69) is 10.2 Å². The normalized spacial score (nSPS) is 29.0. The summed E-state index contributed by atoms with van der Waals surface area (Å²) in [6, 6.07) is 0. The number of alkyl carbamates (subject to hydrolysis) is 1. The molecule has 21 heavy (non-hydrogen) atoms. The summed E-state index contributed by atoms with van der Waals surface area (Å²) in [5.74, 6) is 0. The zero-order valence-electron chi connectivity index (χ0n) is 13.6. The average Bonchev–Trinajstić information content (AvgIpc) is 2.34. The van der Waals surface area contributed by atoms with E-state index in [1.807, 2.05) is 27.8 Å². The van der Waals surface area contributed by atoms with Crippen molar-refractivity contribution in [2.45, 2.75) is 56.7 Å². The van der Waals surface area contributed by atoms with E-state index in [1.54, 1.807) is 0 Å². The zero-order valence-corrected chi connectivity index (χ0v) is 13.6. The molecule has 1 amide bonds. The molecular weight excluding hydrogens is 272 g/mol. The Morgan fingerprint density at radius 2 is 2.05 bits per heavy atom. The van der Waals surface area contributed by atoms with Crippen molar-refractivity contribution in [1.29, 1.82) is 0 Å². The predicted molar refractivity (Wildman–Crippen MR) is 79.2 cm³/mol. The van der Waals surface area contributed by atoms with Gasteiger partial charge in [-0.2, -0.15) is 0 Å². The fourth-order valence-electron chi connectivity index (χ4n) is 3.12. The lowest BCUT2D eigenvalue weighted by molar-refractivity contribution is -0.179. The number of morpholine rings is 1. The fraction of sp³-hybridized carbons (Fsp3) is 0.933. The molecule has 0 aromatic carbocycles. The van der Waals surface area contributed by atoms with Crippen LogP contribution in [0.2, 0.25) is 0 Å². The van der Waals surface area contributed by atoms with Crippen LogP contribution in [0.4, 0.5) is 4.79 Å². The maximum atomic E-state index is 11.8. The second-order valence-electron chi connectivity index (χ2n) is 7.37. The third-order valence-corrected chi connectivity index (χ3v) is 4.70. The molecule has 2 rings (SSSR count). The lowest BCUT2D eigenvalue weighted by atomic mass is 9.72. The number of hydrogen-bond donors (Lipinski definition) is 2. The molecule has 1 heterocycles. The molecule has 1 aliphatic carbocycles. The maximum Gasteiger partial charge on any atom is 0.407 e. The SMILES string of the molecule is CN1C2(CCC2)COCC1(CO)CNC(=O)OC(C)(C)C. The van der Waals surface area contributed by atoms with Gasteiger partial charge in [-0.1, -0.05) is 0 Å². The number of aliphatic hydroxyl groups excluding tert-OH is 1. The minimum atomic E-state index is -0.574. The van der Waals surface area contributed by atoms with Crippen LogP contribution in [0.5, 0.6) is 0 Å². The van der Waals surface area contributed by atoms with Crippen LogP contribution in [0.3, 0.4) is 0 Å². The maximum absolute atomic E-state index is 11.8. The van der Waals surface area contributed by atoms with Crippen molar-refractivity contribution >= 4 is 6.09 Å². The zero-order chi connectivity index (χ0) is 15.7. The molecule has 0 radical (unpaired) electrons. The molecule has 1 atom stereocenters. The number of carbonyl (C=O) groups is 1. The van der Waals surface area contributed by atoms with E-state index in [4.69, 9.17) is 9.47 Å². The van der Waals surface area contributed by atoms with Crippen LogP contribution in [0.15, 0.2) is 0 Å². The Labute approximate surface area is 126 Å². The number of ether oxygens (including phenoxy) is 2. The Morgan fingerprint density at radius 3 is 2.52 bits per heavy atom. The van der Waals surface area contributed by atoms with Crippen LogP contribution in [-0.2, 0) is 9.47 Å². The van der Waals surface area contributed by atoms with Gasteiger partial charge in [0.15, 0.2) is 0 Å². The molecule has 1 spiro atoms. The largest absolute Gasteiger partial charge is 0.444 e. The van der Waals surface area contributed by atoms with Gasteiger partial charge in [0.1, 0.15) is 5.60 Å². The van der Waals surface area contributed by atoms with E-state index >= 15 is 0 Å². The molecule has 1 unspecified atom stereocenters. The Hall–Kier alpha value is -0.850. The van der Waals surface area contributed by atoms with Crippen molar-refractivity contribution in [2.75, 3.05) is 33.4 Å². The van der Waals surface area contributed by atoms with Crippen molar-refractivity contribution in [2.24, 2.45) is 0 Å². The Balaban J connectivity index is 1.99. The summed E-state index contributed by atoms with van der Waals surface area (Å²) in [5.41, 5.74) is -1.08. The lowest BCUT2D eigenvalue weighted by Gasteiger charge is -2.59. The summed E-state index contributed by atoms with van der Waals surface area (Å²) >= 11 is 0. The van der Waals surface area contributed by atoms with Gasteiger partial charge >= 0.3 is 6.09 Å². The van der Waals surface area contributed by atoms with E-state index in [-0.39, 0.29) is 12.1 Å². The number of nitrogens with zero attached hydrogens (tertiary/aromatic N) is 1. The highest BCUT2D eigenvalue weighted by Gasteiger charge is 2.53. The van der Waals surface area contributed by atoms with Crippen molar-refractivity contribution in [3.63, 3.8) is 0 Å². The quantitative estimate of drug-likeness (QED) is 0.817. The third-order valence-electron chi connectivity index (χ3n) is 4.70. The molecule has 2 fully saturated rings. The monoisotopic (exact) mass is 300 g/mol. The molecule has 0 aromatic heterocycles. The van der Waals surface area contributed by atoms with Crippen molar-refractivity contribution < 1.29 is 19.4 Å². The van der Waals surface area contributed by atoms with Crippen LogP contribution < -0.4 is 5.32 Å². The number of likely N-dealkylation sites (N-methyl/N-ethyl adjacent to an activating group) is 1. The van der Waals surface area contributed by atoms with Gasteiger partial charge in [-0.15, -0.1) is 0 Å². The third kappa shape index (κ3) is 3.33. The van der Waals surface area contributed by atoms with Crippen molar-refractivity contribution in [3.8, 4) is 0 Å². The molecule has 6 nitrogen and oxygen atoms in total. The summed E-state index contributed by atoms with van der Waals surface area (Å²) in [7, 11) is 2.02. The molecule has 0 aromatic rings. The molecule has 1 saturated heterocycles. The topological polar surface area (TPSA) is 71.0 Å². The van der Waals surface area contributed by atoms with Gasteiger partial charge in [-0.05, 0) is 47.1 Å². The van der Waals surface area contributed by atoms with Crippen LogP contribution in [0.25, 0.3) is 0 Å². The van der Waals surface area contributed by atoms with Crippen LogP contribution in [-0.4, -0.2) is 66.2 Å². The molecule has 2 N–H and O–H groups in total. The van der Waals surface area contributed by atoms with Gasteiger partial charge in [0.25, 0.3) is 0 Å². The van der Waals surface area contributed by atoms with Crippen LogP contribution in [0.1, 0.15) is 40.0 Å². The molecule has 1 saturated carbocycles. The molecule has 2 aliphatic rings. The summed E-state index contributed by atoms with van der Waals surface area (Å²) in [4.78, 5) is 14.0. The molecule has 1 aliphatic heterocycles. The van der Waals surface area contributed by atoms with E-state index in [9.17, 15) is 9.90 Å². The molecular formula is C15H28N2O4. The van der Waals surface area contributed by atoms with Crippen molar-refractivity contribution in [3.05, 3.63) is 0 Å². The minimum Gasteiger partial charge on any atom is -0.444 e. The molecule has 0 bridgehead atoms. The first kappa shape index (κ1) is 16.5. The highest BCUT2D eigenvalue weighted by atomic mass is 16.6. The number of carbonyl (C=O) groups excluding carboxylic acids is 1. The standard InChI is InChI=1S/C15H28N2O4/c1-13(2,3)21-12(19)16-8-15(9-18)11-20-10-14(17(15)4)6-5-7-14/h18H,5-11H2,1-4H3,(H,16,19). The van der Waals surface area contributed by atoms with E-state index in [0.29, 0.717) is 19.8 Å². The van der Waals surface area contributed by atoms with Gasteiger partial charge in [-0.25, -0.2) is 4.79 Å². The highest BCUT2D eigenvalue weighted by Crippen LogP contribution is 2.43. The number of hydrogen-bond acceptors (Lipinski definition) is 5. The number of nitrogens with one attached hydrogen (secondary N) is 1. The lowest BCUT2D eigenvalue weighted by Crippen LogP contribution is -2.73. The second kappa shape index (κ2) is 5.74. The fourth-order valence-corrected chi connectivity index (χ4v) is 3.12. The van der Waals surface area contributed by atoms with Crippen LogP contribution >= 0.6 is 0 Å². The number of rotatable bonds is 3. The first-order chi connectivity index (χ1) is 9.73. The van der Waals surface area contributed by atoms with Crippen molar-refractivity contribution in [1.82, 2.24) is 10.2 Å². The Morgan fingerprint density at radius 1 is 1.38 bits per heavy atom. The van der Waals surface area contributed by atoms with Gasteiger partial charge in [-0.3, -0.25) is 4.90 Å². The smallest absolute Gasteiger partial charge is 0.407 e. The summed E-state index contributed by atoms with van der Waals surface area (Å²) in [6.07, 6.45) is 2.89. The Bertz CT molecular complexity index is 390. The number of amides is 1. The van der Waals surface area contributed by atoms with E-state index < -0.39 is 17.2 Å². The van der Waals surface area contributed by atoms with Gasteiger partial charge < -0.3 is 19.9 Å². The summed E-state index contributed by atoms with van der Waals surface area (Å²) < 4.78 is 11.0. The van der Waals surface area contributed by atoms with Gasteiger partial charge in [0.2, 0.25) is 0 Å². The summed E-state index contributed by atoms with van der Waals surface area (Å²) in [6.45, 7) is 6.86. The average molecular weight is 300 g/mol. The van der Waals surface area contributed by atoms with E-state index in [1.165, 1.54) is 6.42 Å². The Kier molecular flexibility index (Phi) is 4.52. The van der Waals surface area contributed by atoms with E-state index in [0.717, 1.165) is 12.8 Å². The first-order valence-corrected chi connectivity index (χ1v) is 7.63. The minimum absolute atomic E-state index is 0.0244. The first-order valence-electron chi connectivity index (χ1n) is 7.63. The van der Waals surface area contributed by atoms with Gasteiger partial charge in [0, 0.05) is 12.1 Å². The highest BCUT2D eigenvalue weighted by molar-refractivity contribution is 5.67. The second-order valence-corrected chi connectivity index (χ2v) is 7.37. The van der Waals surface area contributed by atoms with Crippen LogP contribution in [0, 0.1) is 0 Å². The molecule has 6 heteroatoms. The summed E-state index contributed by atoms with van der Waals surface area (Å²) in [5, 5.41) is 12.7. The predicted octanol–water partition coefficient (Wildman–Crippen LogP) is 1.13. The molecule has 122 valence electrons. The number of aliphatic hydroxyl groups is 1. The van der Waals surface area contributed by atoms with Gasteiger partial charge in [0.05, 0.1) is 25.4 Å².